The Hall–Kier alpha value is -2.19. The molecule has 1 N–H and O–H groups in total. The van der Waals surface area contributed by atoms with Gasteiger partial charge in [0.25, 0.3) is 5.91 Å². The maximum atomic E-state index is 13.1. The zero-order chi connectivity index (χ0) is 15.8. The molecular weight excluding hydrogens is 314 g/mol. The summed E-state index contributed by atoms with van der Waals surface area (Å²) in [5, 5.41) is 9.54. The first-order valence-electron chi connectivity index (χ1n) is 7.53. The van der Waals surface area contributed by atoms with Crippen LogP contribution in [0.1, 0.15) is 17.8 Å². The summed E-state index contributed by atoms with van der Waals surface area (Å²) in [7, 11) is 0. The quantitative estimate of drug-likeness (QED) is 0.903. The lowest BCUT2D eigenvalue weighted by Gasteiger charge is -2.33. The van der Waals surface area contributed by atoms with Gasteiger partial charge in [-0.1, -0.05) is 6.07 Å². The van der Waals surface area contributed by atoms with Gasteiger partial charge in [0.15, 0.2) is 0 Å². The zero-order valence-corrected chi connectivity index (χ0v) is 13.5. The van der Waals surface area contributed by atoms with Crippen molar-refractivity contribution < 1.29 is 9.53 Å². The van der Waals surface area contributed by atoms with Crippen molar-refractivity contribution in [2.24, 2.45) is 0 Å². The number of fused-ring (bicyclic) bond motifs is 1. The molecule has 4 rings (SSSR count). The SMILES string of the molecule is CC1=C(C(=O)N2CCOCC2)[C@@H](c2cccs2)n2ncnc2N1. The average molecular weight is 331 g/mol. The van der Waals surface area contributed by atoms with Gasteiger partial charge in [0.2, 0.25) is 5.95 Å². The number of nitrogens with zero attached hydrogens (tertiary/aromatic N) is 4. The van der Waals surface area contributed by atoms with Crippen molar-refractivity contribution in [2.45, 2.75) is 13.0 Å². The van der Waals surface area contributed by atoms with Gasteiger partial charge in [0.05, 0.1) is 18.8 Å². The van der Waals surface area contributed by atoms with Crippen molar-refractivity contribution in [1.82, 2.24) is 19.7 Å². The third-order valence-electron chi connectivity index (χ3n) is 4.14. The van der Waals surface area contributed by atoms with E-state index in [0.29, 0.717) is 32.3 Å². The second-order valence-corrected chi connectivity index (χ2v) is 6.49. The predicted molar refractivity (Wildman–Crippen MR) is 86.2 cm³/mol. The fourth-order valence-corrected chi connectivity index (χ4v) is 3.83. The van der Waals surface area contributed by atoms with Gasteiger partial charge in [-0.3, -0.25) is 4.79 Å². The molecule has 1 saturated heterocycles. The van der Waals surface area contributed by atoms with Crippen molar-refractivity contribution in [2.75, 3.05) is 31.6 Å². The van der Waals surface area contributed by atoms with E-state index in [1.165, 1.54) is 6.33 Å². The number of allylic oxidation sites excluding steroid dienone is 1. The molecule has 2 aliphatic rings. The highest BCUT2D eigenvalue weighted by atomic mass is 32.1. The lowest BCUT2D eigenvalue weighted by Crippen LogP contribution is -2.44. The molecule has 7 nitrogen and oxygen atoms in total. The van der Waals surface area contributed by atoms with Crippen LogP contribution in [0.15, 0.2) is 35.1 Å². The molecule has 0 unspecified atom stereocenters. The fourth-order valence-electron chi connectivity index (χ4n) is 3.01. The Labute approximate surface area is 137 Å². The Morgan fingerprint density at radius 2 is 2.26 bits per heavy atom. The molecule has 0 spiro atoms. The number of morpholine rings is 1. The summed E-state index contributed by atoms with van der Waals surface area (Å²) in [6.07, 6.45) is 1.51. The standard InChI is InChI=1S/C15H17N5O2S/c1-10-12(14(21)19-4-6-22-7-5-19)13(11-3-2-8-23-11)20-15(18-10)16-9-17-20/h2-3,8-9,13H,4-7H2,1H3,(H,16,17,18)/t13-/m1/s1. The zero-order valence-electron chi connectivity index (χ0n) is 12.7. The van der Waals surface area contributed by atoms with Gasteiger partial charge < -0.3 is 15.0 Å². The van der Waals surface area contributed by atoms with Crippen molar-refractivity contribution >= 4 is 23.2 Å². The number of hydrogen-bond donors (Lipinski definition) is 1. The number of ether oxygens (including phenoxy) is 1. The smallest absolute Gasteiger partial charge is 0.254 e. The second kappa shape index (κ2) is 5.78. The first kappa shape index (κ1) is 14.4. The summed E-state index contributed by atoms with van der Waals surface area (Å²) >= 11 is 1.62. The van der Waals surface area contributed by atoms with Crippen molar-refractivity contribution in [3.05, 3.63) is 40.0 Å². The third-order valence-corrected chi connectivity index (χ3v) is 5.06. The molecule has 1 fully saturated rings. The average Bonchev–Trinajstić information content (AvgIpc) is 3.25. The van der Waals surface area contributed by atoms with Crippen LogP contribution in [-0.4, -0.2) is 51.9 Å². The van der Waals surface area contributed by atoms with Gasteiger partial charge in [-0.2, -0.15) is 10.1 Å². The van der Waals surface area contributed by atoms with E-state index in [0.717, 1.165) is 16.1 Å². The van der Waals surface area contributed by atoms with Crippen molar-refractivity contribution in [1.29, 1.82) is 0 Å². The molecule has 4 heterocycles. The number of rotatable bonds is 2. The summed E-state index contributed by atoms with van der Waals surface area (Å²) < 4.78 is 7.14. The van der Waals surface area contributed by atoms with Gasteiger partial charge in [-0.25, -0.2) is 4.68 Å². The topological polar surface area (TPSA) is 72.3 Å². The van der Waals surface area contributed by atoms with E-state index in [4.69, 9.17) is 4.74 Å². The number of amides is 1. The molecule has 23 heavy (non-hydrogen) atoms. The molecule has 0 aliphatic carbocycles. The summed E-state index contributed by atoms with van der Waals surface area (Å²) in [4.78, 5) is 20.3. The molecule has 1 amide bonds. The lowest BCUT2D eigenvalue weighted by atomic mass is 10.00. The van der Waals surface area contributed by atoms with Crippen LogP contribution in [0.25, 0.3) is 0 Å². The maximum absolute atomic E-state index is 13.1. The Bertz CT molecular complexity index is 746. The maximum Gasteiger partial charge on any atom is 0.254 e. The molecule has 0 radical (unpaired) electrons. The number of thiophene rings is 1. The third kappa shape index (κ3) is 2.43. The van der Waals surface area contributed by atoms with Gasteiger partial charge in [-0.15, -0.1) is 11.3 Å². The van der Waals surface area contributed by atoms with Crippen LogP contribution in [0.3, 0.4) is 0 Å². The molecular formula is C15H17N5O2S. The van der Waals surface area contributed by atoms with Crippen LogP contribution >= 0.6 is 11.3 Å². The van der Waals surface area contributed by atoms with Gasteiger partial charge in [0, 0.05) is 23.7 Å². The molecule has 8 heteroatoms. The molecule has 2 aliphatic heterocycles. The number of carbonyl (C=O) groups excluding carboxylic acids is 1. The number of carbonyl (C=O) groups is 1. The summed E-state index contributed by atoms with van der Waals surface area (Å²) in [5.41, 5.74) is 1.56. The van der Waals surface area contributed by atoms with E-state index in [9.17, 15) is 4.79 Å². The fraction of sp³-hybridized carbons (Fsp3) is 0.400. The Morgan fingerprint density at radius 3 is 3.00 bits per heavy atom. The molecule has 0 aromatic carbocycles. The number of nitrogens with one attached hydrogen (secondary N) is 1. The molecule has 2 aromatic rings. The number of aromatic nitrogens is 3. The Morgan fingerprint density at radius 1 is 1.43 bits per heavy atom. The highest BCUT2D eigenvalue weighted by Gasteiger charge is 2.36. The minimum Gasteiger partial charge on any atom is -0.378 e. The van der Waals surface area contributed by atoms with Gasteiger partial charge in [-0.05, 0) is 18.4 Å². The summed E-state index contributed by atoms with van der Waals surface area (Å²) in [6.45, 7) is 4.34. The van der Waals surface area contributed by atoms with E-state index in [-0.39, 0.29) is 11.9 Å². The molecule has 2 aromatic heterocycles. The minimum atomic E-state index is -0.232. The van der Waals surface area contributed by atoms with Crippen LogP contribution < -0.4 is 5.32 Å². The predicted octanol–water partition coefficient (Wildman–Crippen LogP) is 1.49. The largest absolute Gasteiger partial charge is 0.378 e. The van der Waals surface area contributed by atoms with Crippen molar-refractivity contribution in [3.8, 4) is 0 Å². The second-order valence-electron chi connectivity index (χ2n) is 5.51. The number of hydrogen-bond acceptors (Lipinski definition) is 6. The summed E-state index contributed by atoms with van der Waals surface area (Å²) in [6, 6.07) is 3.79. The van der Waals surface area contributed by atoms with Gasteiger partial charge >= 0.3 is 0 Å². The summed E-state index contributed by atoms with van der Waals surface area (Å²) in [5.74, 6) is 0.706. The van der Waals surface area contributed by atoms with Crippen LogP contribution in [0.2, 0.25) is 0 Å². The minimum absolute atomic E-state index is 0.0397. The molecule has 0 bridgehead atoms. The number of anilines is 1. The Kier molecular flexibility index (Phi) is 3.62. The van der Waals surface area contributed by atoms with Crippen LogP contribution in [0, 0.1) is 0 Å². The van der Waals surface area contributed by atoms with E-state index >= 15 is 0 Å². The lowest BCUT2D eigenvalue weighted by molar-refractivity contribution is -0.131. The van der Waals surface area contributed by atoms with Gasteiger partial charge in [0.1, 0.15) is 12.4 Å². The first-order valence-corrected chi connectivity index (χ1v) is 8.41. The van der Waals surface area contributed by atoms with E-state index in [1.54, 1.807) is 16.0 Å². The molecule has 0 saturated carbocycles. The molecule has 1 atom stereocenters. The van der Waals surface area contributed by atoms with E-state index in [2.05, 4.69) is 15.4 Å². The first-order chi connectivity index (χ1) is 11.3. The highest BCUT2D eigenvalue weighted by molar-refractivity contribution is 7.10. The molecule has 120 valence electrons. The highest BCUT2D eigenvalue weighted by Crippen LogP contribution is 2.37. The van der Waals surface area contributed by atoms with Crippen LogP contribution in [0.4, 0.5) is 5.95 Å². The Balaban J connectivity index is 1.77. The monoisotopic (exact) mass is 331 g/mol. The van der Waals surface area contributed by atoms with Crippen LogP contribution in [0.5, 0.6) is 0 Å². The van der Waals surface area contributed by atoms with Crippen molar-refractivity contribution in [3.63, 3.8) is 0 Å². The van der Waals surface area contributed by atoms with Crippen LogP contribution in [-0.2, 0) is 9.53 Å². The van der Waals surface area contributed by atoms with E-state index in [1.807, 2.05) is 29.3 Å². The van der Waals surface area contributed by atoms with E-state index < -0.39 is 0 Å². The normalized spacial score (nSPS) is 21.1.